The van der Waals surface area contributed by atoms with Crippen molar-refractivity contribution < 1.29 is 18.3 Å². The normalized spacial score (nSPS) is 10.8. The van der Waals surface area contributed by atoms with Gasteiger partial charge < -0.3 is 10.1 Å². The second kappa shape index (κ2) is 9.47. The molecule has 0 aliphatic rings. The standard InChI is InChI=1S/C21H19F2N3O2S/c1-13-5-6-14(2)17(10-13)28-18-8-7-15(11-25-18)12-26-19(27)16-4-3-9-24-20(16)29-21(22)23/h3-11,21H,12H2,1-2H3,(H,26,27). The van der Waals surface area contributed by atoms with E-state index in [2.05, 4.69) is 15.3 Å². The zero-order chi connectivity index (χ0) is 20.8. The highest BCUT2D eigenvalue weighted by molar-refractivity contribution is 7.99. The van der Waals surface area contributed by atoms with Gasteiger partial charge in [-0.05, 0) is 60.5 Å². The van der Waals surface area contributed by atoms with Crippen molar-refractivity contribution in [3.63, 3.8) is 0 Å². The molecule has 0 fully saturated rings. The first-order chi connectivity index (χ1) is 13.9. The number of ether oxygens (including phenoxy) is 1. The average Bonchev–Trinajstić information content (AvgIpc) is 2.70. The molecule has 0 radical (unpaired) electrons. The summed E-state index contributed by atoms with van der Waals surface area (Å²) in [6.07, 6.45) is 2.97. The van der Waals surface area contributed by atoms with E-state index >= 15 is 0 Å². The number of alkyl halides is 2. The predicted molar refractivity (Wildman–Crippen MR) is 107 cm³/mol. The summed E-state index contributed by atoms with van der Waals surface area (Å²) in [6, 6.07) is 12.4. The monoisotopic (exact) mass is 415 g/mol. The molecule has 0 spiro atoms. The van der Waals surface area contributed by atoms with Crippen LogP contribution >= 0.6 is 11.8 Å². The van der Waals surface area contributed by atoms with E-state index < -0.39 is 11.7 Å². The highest BCUT2D eigenvalue weighted by Crippen LogP contribution is 2.26. The number of pyridine rings is 2. The molecule has 29 heavy (non-hydrogen) atoms. The fourth-order valence-corrected chi connectivity index (χ4v) is 3.10. The number of hydrogen-bond donors (Lipinski definition) is 1. The van der Waals surface area contributed by atoms with E-state index in [9.17, 15) is 13.6 Å². The van der Waals surface area contributed by atoms with Crippen LogP contribution in [0, 0.1) is 13.8 Å². The Bertz CT molecular complexity index is 997. The maximum absolute atomic E-state index is 12.6. The molecule has 5 nitrogen and oxygen atoms in total. The molecule has 1 N–H and O–H groups in total. The van der Waals surface area contributed by atoms with Gasteiger partial charge in [0, 0.05) is 25.0 Å². The Labute approximate surface area is 171 Å². The second-order valence-electron chi connectivity index (χ2n) is 6.29. The molecule has 1 amide bonds. The Hall–Kier alpha value is -3.00. The van der Waals surface area contributed by atoms with Crippen molar-refractivity contribution in [1.29, 1.82) is 0 Å². The SMILES string of the molecule is Cc1ccc(C)c(Oc2ccc(CNC(=O)c3cccnc3SC(F)F)cn2)c1. The topological polar surface area (TPSA) is 64.1 Å². The van der Waals surface area contributed by atoms with Crippen LogP contribution in [0.25, 0.3) is 0 Å². The maximum Gasteiger partial charge on any atom is 0.290 e. The van der Waals surface area contributed by atoms with Gasteiger partial charge in [0.25, 0.3) is 11.7 Å². The number of nitrogens with one attached hydrogen (secondary N) is 1. The molecular weight excluding hydrogens is 396 g/mol. The molecule has 8 heteroatoms. The lowest BCUT2D eigenvalue weighted by atomic mass is 10.1. The fraction of sp³-hybridized carbons (Fsp3) is 0.190. The van der Waals surface area contributed by atoms with Gasteiger partial charge in [-0.3, -0.25) is 4.79 Å². The van der Waals surface area contributed by atoms with Gasteiger partial charge in [-0.15, -0.1) is 0 Å². The van der Waals surface area contributed by atoms with Gasteiger partial charge in [0.1, 0.15) is 10.8 Å². The van der Waals surface area contributed by atoms with E-state index in [1.165, 1.54) is 18.3 Å². The Morgan fingerprint density at radius 1 is 1.17 bits per heavy atom. The molecule has 0 saturated heterocycles. The van der Waals surface area contributed by atoms with Crippen molar-refractivity contribution in [2.45, 2.75) is 31.2 Å². The van der Waals surface area contributed by atoms with E-state index in [1.54, 1.807) is 18.3 Å². The number of aryl methyl sites for hydroxylation is 2. The largest absolute Gasteiger partial charge is 0.439 e. The third kappa shape index (κ3) is 5.74. The Kier molecular flexibility index (Phi) is 6.77. The van der Waals surface area contributed by atoms with Crippen molar-refractivity contribution in [1.82, 2.24) is 15.3 Å². The Morgan fingerprint density at radius 3 is 2.72 bits per heavy atom. The van der Waals surface area contributed by atoms with Gasteiger partial charge in [-0.25, -0.2) is 9.97 Å². The summed E-state index contributed by atoms with van der Waals surface area (Å²) in [5.41, 5.74) is 2.95. The molecule has 3 aromatic rings. The van der Waals surface area contributed by atoms with E-state index in [0.29, 0.717) is 5.88 Å². The zero-order valence-corrected chi connectivity index (χ0v) is 16.7. The summed E-state index contributed by atoms with van der Waals surface area (Å²) in [5, 5.41) is 2.69. The Morgan fingerprint density at radius 2 is 2.00 bits per heavy atom. The molecule has 0 aliphatic heterocycles. The highest BCUT2D eigenvalue weighted by atomic mass is 32.2. The first-order valence-corrected chi connectivity index (χ1v) is 9.68. The van der Waals surface area contributed by atoms with Crippen LogP contribution in [0.15, 0.2) is 59.9 Å². The number of nitrogens with zero attached hydrogens (tertiary/aromatic N) is 2. The van der Waals surface area contributed by atoms with Crippen LogP contribution in [-0.4, -0.2) is 21.6 Å². The van der Waals surface area contributed by atoms with Crippen LogP contribution in [0.3, 0.4) is 0 Å². The van der Waals surface area contributed by atoms with E-state index in [-0.39, 0.29) is 28.9 Å². The number of halogens is 2. The number of amides is 1. The lowest BCUT2D eigenvalue weighted by Crippen LogP contribution is -2.23. The molecule has 0 aliphatic carbocycles. The number of hydrogen-bond acceptors (Lipinski definition) is 5. The smallest absolute Gasteiger partial charge is 0.290 e. The van der Waals surface area contributed by atoms with Gasteiger partial charge >= 0.3 is 0 Å². The summed E-state index contributed by atoms with van der Waals surface area (Å²) in [5.74, 6) is -1.95. The quantitative estimate of drug-likeness (QED) is 0.542. The summed E-state index contributed by atoms with van der Waals surface area (Å²) in [7, 11) is 0. The summed E-state index contributed by atoms with van der Waals surface area (Å²) in [4.78, 5) is 20.5. The summed E-state index contributed by atoms with van der Waals surface area (Å²) in [6.45, 7) is 4.14. The molecule has 150 valence electrons. The minimum Gasteiger partial charge on any atom is -0.439 e. The molecule has 0 saturated carbocycles. The molecular formula is C21H19F2N3O2S. The average molecular weight is 415 g/mol. The van der Waals surface area contributed by atoms with Crippen LogP contribution in [0.2, 0.25) is 0 Å². The van der Waals surface area contributed by atoms with Crippen molar-refractivity contribution in [3.8, 4) is 11.6 Å². The first kappa shape index (κ1) is 20.7. The van der Waals surface area contributed by atoms with E-state index in [1.807, 2.05) is 32.0 Å². The van der Waals surface area contributed by atoms with Gasteiger partial charge in [-0.1, -0.05) is 18.2 Å². The van der Waals surface area contributed by atoms with Crippen molar-refractivity contribution in [2.75, 3.05) is 0 Å². The summed E-state index contributed by atoms with van der Waals surface area (Å²) >= 11 is 0.246. The lowest BCUT2D eigenvalue weighted by Gasteiger charge is -2.10. The first-order valence-electron chi connectivity index (χ1n) is 8.80. The molecule has 2 aromatic heterocycles. The molecule has 0 bridgehead atoms. The number of thioether (sulfide) groups is 1. The molecule has 0 unspecified atom stereocenters. The van der Waals surface area contributed by atoms with Gasteiger partial charge in [0.05, 0.1) is 5.56 Å². The minimum absolute atomic E-state index is 0.00426. The third-order valence-electron chi connectivity index (χ3n) is 4.03. The molecule has 0 atom stereocenters. The second-order valence-corrected chi connectivity index (χ2v) is 7.27. The van der Waals surface area contributed by atoms with E-state index in [0.717, 1.165) is 22.4 Å². The number of carbonyl (C=O) groups is 1. The van der Waals surface area contributed by atoms with Crippen LogP contribution in [-0.2, 0) is 6.54 Å². The third-order valence-corrected chi connectivity index (χ3v) is 4.75. The Balaban J connectivity index is 1.62. The predicted octanol–water partition coefficient (Wildman–Crippen LogP) is 5.13. The van der Waals surface area contributed by atoms with E-state index in [4.69, 9.17) is 4.74 Å². The van der Waals surface area contributed by atoms with Crippen LogP contribution in [0.4, 0.5) is 8.78 Å². The highest BCUT2D eigenvalue weighted by Gasteiger charge is 2.16. The van der Waals surface area contributed by atoms with Crippen molar-refractivity contribution >= 4 is 17.7 Å². The van der Waals surface area contributed by atoms with Gasteiger partial charge in [0.15, 0.2) is 0 Å². The van der Waals surface area contributed by atoms with Crippen LogP contribution in [0.5, 0.6) is 11.6 Å². The summed E-state index contributed by atoms with van der Waals surface area (Å²) < 4.78 is 31.1. The fourth-order valence-electron chi connectivity index (χ4n) is 2.53. The number of benzene rings is 1. The lowest BCUT2D eigenvalue weighted by molar-refractivity contribution is 0.0947. The minimum atomic E-state index is -2.65. The molecule has 2 heterocycles. The molecule has 1 aromatic carbocycles. The zero-order valence-electron chi connectivity index (χ0n) is 15.9. The maximum atomic E-state index is 12.6. The molecule has 3 rings (SSSR count). The van der Waals surface area contributed by atoms with Crippen molar-refractivity contribution in [3.05, 3.63) is 77.1 Å². The van der Waals surface area contributed by atoms with Gasteiger partial charge in [0.2, 0.25) is 5.88 Å². The number of carbonyl (C=O) groups excluding carboxylic acids is 1. The van der Waals surface area contributed by atoms with Crippen LogP contribution in [0.1, 0.15) is 27.0 Å². The van der Waals surface area contributed by atoms with Crippen LogP contribution < -0.4 is 10.1 Å². The number of rotatable bonds is 7. The number of aromatic nitrogens is 2. The van der Waals surface area contributed by atoms with Crippen molar-refractivity contribution in [2.24, 2.45) is 0 Å². The van der Waals surface area contributed by atoms with Gasteiger partial charge in [-0.2, -0.15) is 8.78 Å².